The summed E-state index contributed by atoms with van der Waals surface area (Å²) in [6.45, 7) is -1.05. The molecule has 0 bridgehead atoms. The van der Waals surface area contributed by atoms with Gasteiger partial charge < -0.3 is 20.1 Å². The lowest BCUT2D eigenvalue weighted by atomic mass is 10.1. The lowest BCUT2D eigenvalue weighted by Gasteiger charge is -2.23. The summed E-state index contributed by atoms with van der Waals surface area (Å²) in [7, 11) is 0. The number of benzene rings is 1. The topological polar surface area (TPSA) is 59.6 Å². The molecule has 0 aromatic heterocycles. The average molecular weight is 371 g/mol. The molecule has 1 unspecified atom stereocenters. The molecular formula is C14H18Cl2F2N2O3. The van der Waals surface area contributed by atoms with E-state index < -0.39 is 6.61 Å². The molecule has 130 valence electrons. The number of carbonyl (C=O) groups excluding carboxylic acids is 1. The molecular weight excluding hydrogens is 353 g/mol. The Kier molecular flexibility index (Phi) is 8.54. The van der Waals surface area contributed by atoms with Gasteiger partial charge in [0.2, 0.25) is 5.91 Å². The molecule has 2 N–H and O–H groups in total. The van der Waals surface area contributed by atoms with Gasteiger partial charge in [0, 0.05) is 36.1 Å². The zero-order valence-electron chi connectivity index (χ0n) is 12.2. The van der Waals surface area contributed by atoms with Crippen LogP contribution in [-0.2, 0) is 16.1 Å². The van der Waals surface area contributed by atoms with Crippen molar-refractivity contribution in [3.63, 3.8) is 0 Å². The van der Waals surface area contributed by atoms with Crippen LogP contribution in [0.5, 0.6) is 5.75 Å². The molecule has 1 aliphatic heterocycles. The maximum Gasteiger partial charge on any atom is 0.387 e. The highest BCUT2D eigenvalue weighted by molar-refractivity contribution is 6.30. The van der Waals surface area contributed by atoms with Crippen LogP contribution in [0.4, 0.5) is 8.78 Å². The van der Waals surface area contributed by atoms with Crippen molar-refractivity contribution in [3.8, 4) is 5.75 Å². The van der Waals surface area contributed by atoms with Crippen molar-refractivity contribution in [1.82, 2.24) is 10.6 Å². The van der Waals surface area contributed by atoms with Crippen LogP contribution in [0.2, 0.25) is 5.02 Å². The molecule has 1 aromatic carbocycles. The van der Waals surface area contributed by atoms with E-state index in [1.165, 1.54) is 18.2 Å². The molecule has 1 aliphatic rings. The highest BCUT2D eigenvalue weighted by atomic mass is 35.5. The summed E-state index contributed by atoms with van der Waals surface area (Å²) >= 11 is 5.84. The van der Waals surface area contributed by atoms with Gasteiger partial charge in [-0.15, -0.1) is 12.4 Å². The first-order valence-corrected chi connectivity index (χ1v) is 7.23. The third-order valence-electron chi connectivity index (χ3n) is 3.14. The molecule has 23 heavy (non-hydrogen) atoms. The summed E-state index contributed by atoms with van der Waals surface area (Å²) in [5, 5.41) is 6.22. The van der Waals surface area contributed by atoms with Gasteiger partial charge in [0.25, 0.3) is 0 Å². The Morgan fingerprint density at radius 2 is 2.30 bits per heavy atom. The predicted octanol–water partition coefficient (Wildman–Crippen LogP) is 2.36. The smallest absolute Gasteiger partial charge is 0.387 e. The van der Waals surface area contributed by atoms with Gasteiger partial charge in [-0.2, -0.15) is 8.78 Å². The predicted molar refractivity (Wildman–Crippen MR) is 84.4 cm³/mol. The highest BCUT2D eigenvalue weighted by Crippen LogP contribution is 2.24. The van der Waals surface area contributed by atoms with Gasteiger partial charge in [-0.05, 0) is 18.2 Å². The SMILES string of the molecule is Cl.O=C(CC1COCCN1)NCc1cc(Cl)ccc1OC(F)F. The standard InChI is InChI=1S/C14H17ClF2N2O3.ClH/c15-10-1-2-12(22-14(16)17)9(5-10)7-19-13(20)6-11-8-21-4-3-18-11;/h1-2,5,11,14,18H,3-4,6-8H2,(H,19,20);1H. The first kappa shape index (κ1) is 19.9. The number of alkyl halides is 2. The van der Waals surface area contributed by atoms with Crippen molar-refractivity contribution >= 4 is 29.9 Å². The maximum absolute atomic E-state index is 12.3. The number of morpholine rings is 1. The molecule has 0 saturated carbocycles. The van der Waals surface area contributed by atoms with E-state index in [0.717, 1.165) is 0 Å². The zero-order chi connectivity index (χ0) is 15.9. The van der Waals surface area contributed by atoms with Crippen molar-refractivity contribution in [3.05, 3.63) is 28.8 Å². The van der Waals surface area contributed by atoms with E-state index in [-0.39, 0.29) is 43.1 Å². The number of hydrogen-bond acceptors (Lipinski definition) is 4. The fourth-order valence-electron chi connectivity index (χ4n) is 2.14. The fourth-order valence-corrected chi connectivity index (χ4v) is 2.33. The second-order valence-electron chi connectivity index (χ2n) is 4.84. The normalized spacial score (nSPS) is 17.5. The number of rotatable bonds is 6. The van der Waals surface area contributed by atoms with Gasteiger partial charge >= 0.3 is 6.61 Å². The Balaban J connectivity index is 0.00000264. The quantitative estimate of drug-likeness (QED) is 0.806. The minimum Gasteiger partial charge on any atom is -0.434 e. The second kappa shape index (κ2) is 9.87. The Hall–Kier alpha value is -1.15. The lowest BCUT2D eigenvalue weighted by molar-refractivity contribution is -0.122. The first-order chi connectivity index (χ1) is 10.5. The van der Waals surface area contributed by atoms with Crippen LogP contribution in [0, 0.1) is 0 Å². The Morgan fingerprint density at radius 3 is 2.96 bits per heavy atom. The number of ether oxygens (including phenoxy) is 2. The summed E-state index contributed by atoms with van der Waals surface area (Å²) in [6, 6.07) is 4.26. The van der Waals surface area contributed by atoms with Crippen LogP contribution < -0.4 is 15.4 Å². The summed E-state index contributed by atoms with van der Waals surface area (Å²) in [5.74, 6) is -0.204. The Labute approximate surface area is 144 Å². The van der Waals surface area contributed by atoms with E-state index in [1.807, 2.05) is 0 Å². The van der Waals surface area contributed by atoms with Crippen LogP contribution in [-0.4, -0.2) is 38.3 Å². The molecule has 9 heteroatoms. The molecule has 1 amide bonds. The van der Waals surface area contributed by atoms with Crippen LogP contribution in [0.25, 0.3) is 0 Å². The minimum absolute atomic E-state index is 0. The molecule has 1 atom stereocenters. The second-order valence-corrected chi connectivity index (χ2v) is 5.27. The summed E-state index contributed by atoms with van der Waals surface area (Å²) < 4.78 is 34.4. The molecule has 1 heterocycles. The van der Waals surface area contributed by atoms with Gasteiger partial charge in [-0.25, -0.2) is 0 Å². The Bertz CT molecular complexity index is 515. The van der Waals surface area contributed by atoms with Crippen molar-refractivity contribution in [2.75, 3.05) is 19.8 Å². The van der Waals surface area contributed by atoms with Crippen molar-refractivity contribution in [2.24, 2.45) is 0 Å². The number of nitrogens with one attached hydrogen (secondary N) is 2. The van der Waals surface area contributed by atoms with E-state index in [2.05, 4.69) is 15.4 Å². The van der Waals surface area contributed by atoms with Crippen molar-refractivity contribution in [2.45, 2.75) is 25.6 Å². The van der Waals surface area contributed by atoms with Gasteiger partial charge in [0.15, 0.2) is 0 Å². The van der Waals surface area contributed by atoms with Crippen LogP contribution >= 0.6 is 24.0 Å². The van der Waals surface area contributed by atoms with Gasteiger partial charge in [0.05, 0.1) is 13.2 Å². The van der Waals surface area contributed by atoms with Crippen molar-refractivity contribution in [1.29, 1.82) is 0 Å². The molecule has 1 aromatic rings. The largest absolute Gasteiger partial charge is 0.434 e. The number of halogens is 4. The monoisotopic (exact) mass is 370 g/mol. The van der Waals surface area contributed by atoms with Gasteiger partial charge in [-0.1, -0.05) is 11.6 Å². The summed E-state index contributed by atoms with van der Waals surface area (Å²) in [6.07, 6.45) is 0.256. The first-order valence-electron chi connectivity index (χ1n) is 6.85. The molecule has 0 radical (unpaired) electrons. The molecule has 5 nitrogen and oxygen atoms in total. The number of hydrogen-bond donors (Lipinski definition) is 2. The highest BCUT2D eigenvalue weighted by Gasteiger charge is 2.17. The van der Waals surface area contributed by atoms with E-state index >= 15 is 0 Å². The third kappa shape index (κ3) is 6.87. The molecule has 2 rings (SSSR count). The lowest BCUT2D eigenvalue weighted by Crippen LogP contribution is -2.44. The van der Waals surface area contributed by atoms with E-state index in [4.69, 9.17) is 16.3 Å². The van der Waals surface area contributed by atoms with Crippen LogP contribution in [0.3, 0.4) is 0 Å². The van der Waals surface area contributed by atoms with E-state index in [0.29, 0.717) is 30.3 Å². The number of carbonyl (C=O) groups is 1. The minimum atomic E-state index is -2.93. The summed E-state index contributed by atoms with van der Waals surface area (Å²) in [5.41, 5.74) is 0.397. The molecule has 1 saturated heterocycles. The maximum atomic E-state index is 12.3. The average Bonchev–Trinajstić information content (AvgIpc) is 2.48. The Morgan fingerprint density at radius 1 is 1.52 bits per heavy atom. The summed E-state index contributed by atoms with van der Waals surface area (Å²) in [4.78, 5) is 11.9. The van der Waals surface area contributed by atoms with Crippen LogP contribution in [0.15, 0.2) is 18.2 Å². The van der Waals surface area contributed by atoms with E-state index in [1.54, 1.807) is 0 Å². The van der Waals surface area contributed by atoms with Gasteiger partial charge in [-0.3, -0.25) is 4.79 Å². The molecule has 0 aliphatic carbocycles. The third-order valence-corrected chi connectivity index (χ3v) is 3.38. The number of amides is 1. The molecule has 0 spiro atoms. The zero-order valence-corrected chi connectivity index (χ0v) is 13.8. The molecule has 1 fully saturated rings. The van der Waals surface area contributed by atoms with Gasteiger partial charge in [0.1, 0.15) is 5.75 Å². The van der Waals surface area contributed by atoms with E-state index in [9.17, 15) is 13.6 Å². The fraction of sp³-hybridized carbons (Fsp3) is 0.500. The van der Waals surface area contributed by atoms with Crippen molar-refractivity contribution < 1.29 is 23.0 Å². The van der Waals surface area contributed by atoms with Crippen LogP contribution in [0.1, 0.15) is 12.0 Å².